The SMILES string of the molecule is Cc1c(=O)n(C)c(Nc2ccc(I)cc2F)c2c(=O)n(C3CC3)c(=O)n(-c3cccc(NC(=O)C4CCC(C(=O)N5CCN(CC6CCN(c7cc(C8CCC(=O)NC8=O)ccn7)CC6)CC5)CC4)c3)c12. The van der Waals surface area contributed by atoms with E-state index in [0.717, 1.165) is 56.9 Å². The Balaban J connectivity index is 0.742. The van der Waals surface area contributed by atoms with E-state index in [4.69, 9.17) is 0 Å². The quantitative estimate of drug-likeness (QED) is 0.109. The van der Waals surface area contributed by atoms with Crippen LogP contribution in [0.1, 0.15) is 87.3 Å². The molecule has 17 nitrogen and oxygen atoms in total. The van der Waals surface area contributed by atoms with Crippen molar-refractivity contribution in [2.75, 3.05) is 61.3 Å². The highest BCUT2D eigenvalue weighted by atomic mass is 127. The van der Waals surface area contributed by atoms with Gasteiger partial charge in [0.25, 0.3) is 11.1 Å². The lowest BCUT2D eigenvalue weighted by molar-refractivity contribution is -0.139. The number of imide groups is 1. The topological polar surface area (TPSA) is 193 Å². The van der Waals surface area contributed by atoms with Crippen molar-refractivity contribution in [1.29, 1.82) is 0 Å². The van der Waals surface area contributed by atoms with Gasteiger partial charge < -0.3 is 20.4 Å². The molecule has 2 aliphatic carbocycles. The normalized spacial score (nSPS) is 21.3. The Morgan fingerprint density at radius 2 is 1.56 bits per heavy atom. The lowest BCUT2D eigenvalue weighted by atomic mass is 9.80. The molecule has 3 aliphatic heterocycles. The molecule has 1 atom stereocenters. The van der Waals surface area contributed by atoms with Crippen molar-refractivity contribution in [3.8, 4) is 5.69 Å². The van der Waals surface area contributed by atoms with Crippen LogP contribution in [0.5, 0.6) is 0 Å². The Hall–Kier alpha value is -6.22. The van der Waals surface area contributed by atoms with Gasteiger partial charge in [-0.15, -0.1) is 0 Å². The van der Waals surface area contributed by atoms with Crippen LogP contribution >= 0.6 is 22.6 Å². The van der Waals surface area contributed by atoms with Crippen molar-refractivity contribution in [1.82, 2.24) is 33.8 Å². The first-order valence-electron chi connectivity index (χ1n) is 24.8. The number of hydrogen-bond donors (Lipinski definition) is 3. The molecule has 4 amide bonds. The summed E-state index contributed by atoms with van der Waals surface area (Å²) in [6.07, 6.45) is 8.28. The van der Waals surface area contributed by atoms with E-state index in [1.807, 2.05) is 39.6 Å². The molecule has 1 unspecified atom stereocenters. The number of aromatic nitrogens is 4. The number of hydrogen-bond acceptors (Lipinski definition) is 11. The lowest BCUT2D eigenvalue weighted by Crippen LogP contribution is -2.52. The van der Waals surface area contributed by atoms with Crippen molar-refractivity contribution in [2.45, 2.75) is 83.1 Å². The van der Waals surface area contributed by atoms with Crippen molar-refractivity contribution in [2.24, 2.45) is 24.8 Å². The zero-order chi connectivity index (χ0) is 49.7. The van der Waals surface area contributed by atoms with Gasteiger partial charge in [-0.2, -0.15) is 0 Å². The molecule has 0 spiro atoms. The smallest absolute Gasteiger partial charge is 0.336 e. The third-order valence-electron chi connectivity index (χ3n) is 15.3. The Morgan fingerprint density at radius 3 is 2.27 bits per heavy atom. The molecule has 3 saturated heterocycles. The van der Waals surface area contributed by atoms with E-state index >= 15 is 4.39 Å². The number of piperidine rings is 2. The first-order chi connectivity index (χ1) is 34.2. The number of pyridine rings is 2. The number of benzene rings is 2. The van der Waals surface area contributed by atoms with E-state index in [0.29, 0.717) is 85.3 Å². The van der Waals surface area contributed by atoms with E-state index in [1.165, 1.54) is 32.9 Å². The highest BCUT2D eigenvalue weighted by molar-refractivity contribution is 14.1. The minimum Gasteiger partial charge on any atom is -0.357 e. The standard InChI is InChI=1S/C52H58FIN10O7/c1-30-45-44(46(59(2)49(30)68)57-41-14-10-35(54)27-40(41)53)51(70)64(37-11-12-37)52(71)63(45)38-5-3-4-36(28-38)56-47(66)32-6-8-33(9-7-32)50(69)62-24-22-60(23-25-62)29-31-17-20-61(21-18-31)42-26-34(16-19-55-42)39-13-15-43(65)58-48(39)67/h3-5,10,14,16,19,26-28,31-33,37,39,57H,6-9,11-13,15,17-18,20-25,29H2,1-2H3,(H,56,66)(H,58,65,67). The second-order valence-electron chi connectivity index (χ2n) is 19.9. The van der Waals surface area contributed by atoms with E-state index in [9.17, 15) is 33.6 Å². The van der Waals surface area contributed by atoms with Crippen LogP contribution in [-0.4, -0.2) is 97.9 Å². The van der Waals surface area contributed by atoms with Crippen molar-refractivity contribution < 1.29 is 23.6 Å². The van der Waals surface area contributed by atoms with Crippen LogP contribution in [0, 0.1) is 34.1 Å². The van der Waals surface area contributed by atoms with Gasteiger partial charge in [0.1, 0.15) is 22.8 Å². The third kappa shape index (κ3) is 9.90. The number of carbonyl (C=O) groups is 4. The largest absolute Gasteiger partial charge is 0.357 e. The molecule has 3 N–H and O–H groups in total. The van der Waals surface area contributed by atoms with Gasteiger partial charge in [0, 0.05) is 98.2 Å². The van der Waals surface area contributed by atoms with Gasteiger partial charge in [0.2, 0.25) is 23.6 Å². The van der Waals surface area contributed by atoms with Gasteiger partial charge in [0.15, 0.2) is 0 Å². The van der Waals surface area contributed by atoms with Crippen LogP contribution in [0.2, 0.25) is 0 Å². The lowest BCUT2D eigenvalue weighted by Gasteiger charge is -2.40. The fraction of sp³-hybridized carbons (Fsp3) is 0.462. The average Bonchev–Trinajstić information content (AvgIpc) is 4.21. The van der Waals surface area contributed by atoms with E-state index in [2.05, 4.69) is 30.7 Å². The van der Waals surface area contributed by atoms with E-state index < -0.39 is 22.6 Å². The Labute approximate surface area is 422 Å². The summed E-state index contributed by atoms with van der Waals surface area (Å²) >= 11 is 2.00. The molecule has 2 aromatic carbocycles. The average molecular weight is 1080 g/mol. The molecule has 71 heavy (non-hydrogen) atoms. The van der Waals surface area contributed by atoms with Gasteiger partial charge >= 0.3 is 5.69 Å². The minimum atomic E-state index is -0.607. The zero-order valence-electron chi connectivity index (χ0n) is 39.9. The summed E-state index contributed by atoms with van der Waals surface area (Å²) in [5.74, 6) is -0.371. The molecule has 0 bridgehead atoms. The molecule has 0 radical (unpaired) electrons. The van der Waals surface area contributed by atoms with Crippen LogP contribution < -0.4 is 37.7 Å². The molecule has 6 heterocycles. The monoisotopic (exact) mass is 1080 g/mol. The van der Waals surface area contributed by atoms with Crippen LogP contribution in [-0.2, 0) is 26.2 Å². The number of rotatable bonds is 11. The van der Waals surface area contributed by atoms with Crippen LogP contribution in [0.15, 0.2) is 75.2 Å². The molecular weight excluding hydrogens is 1020 g/mol. The fourth-order valence-corrected chi connectivity index (χ4v) is 11.6. The fourth-order valence-electron chi connectivity index (χ4n) is 11.1. The van der Waals surface area contributed by atoms with Gasteiger partial charge in [-0.1, -0.05) is 6.07 Å². The van der Waals surface area contributed by atoms with E-state index in [-0.39, 0.29) is 75.4 Å². The summed E-state index contributed by atoms with van der Waals surface area (Å²) in [5.41, 5.74) is 0.353. The maximum absolute atomic E-state index is 15.2. The number of halogens is 2. The molecule has 5 fully saturated rings. The van der Waals surface area contributed by atoms with Gasteiger partial charge in [0.05, 0.1) is 22.8 Å². The van der Waals surface area contributed by atoms with Crippen LogP contribution in [0.4, 0.5) is 27.4 Å². The van der Waals surface area contributed by atoms with Crippen molar-refractivity contribution >= 4 is 80.1 Å². The number of carbonyl (C=O) groups excluding carboxylic acids is 4. The summed E-state index contributed by atoms with van der Waals surface area (Å²) in [6, 6.07) is 14.9. The summed E-state index contributed by atoms with van der Waals surface area (Å²) in [7, 11) is 1.50. The molecule has 5 aromatic rings. The molecule has 372 valence electrons. The van der Waals surface area contributed by atoms with Crippen molar-refractivity contribution in [3.63, 3.8) is 0 Å². The predicted molar refractivity (Wildman–Crippen MR) is 276 cm³/mol. The number of piperazine rings is 1. The number of amides is 4. The highest BCUT2D eigenvalue weighted by Gasteiger charge is 2.36. The first kappa shape index (κ1) is 48.4. The number of nitrogens with zero attached hydrogens (tertiary/aromatic N) is 7. The molecule has 10 rings (SSSR count). The molecule has 5 aliphatic rings. The Morgan fingerprint density at radius 1 is 0.831 bits per heavy atom. The Kier molecular flexibility index (Phi) is 13.7. The van der Waals surface area contributed by atoms with Gasteiger partial charge in [-0.05, 0) is 147 Å². The zero-order valence-corrected chi connectivity index (χ0v) is 42.1. The number of aryl methyl sites for hydroxylation is 1. The van der Waals surface area contributed by atoms with Gasteiger partial charge in [-0.3, -0.25) is 52.7 Å². The van der Waals surface area contributed by atoms with Crippen LogP contribution in [0.3, 0.4) is 0 Å². The Bertz CT molecular complexity index is 3130. The third-order valence-corrected chi connectivity index (χ3v) is 16.0. The molecular formula is C52H58FIN10O7. The summed E-state index contributed by atoms with van der Waals surface area (Å²) < 4.78 is 19.7. The minimum absolute atomic E-state index is 0.0569. The number of anilines is 4. The molecule has 19 heteroatoms. The van der Waals surface area contributed by atoms with E-state index in [1.54, 1.807) is 43.5 Å². The number of fused-ring (bicyclic) bond motifs is 1. The highest BCUT2D eigenvalue weighted by Crippen LogP contribution is 2.36. The summed E-state index contributed by atoms with van der Waals surface area (Å²) in [6.45, 7) is 7.30. The summed E-state index contributed by atoms with van der Waals surface area (Å²) in [5, 5.41) is 8.56. The summed E-state index contributed by atoms with van der Waals surface area (Å²) in [4.78, 5) is 106. The molecule has 2 saturated carbocycles. The second-order valence-corrected chi connectivity index (χ2v) is 21.2. The van der Waals surface area contributed by atoms with Crippen LogP contribution in [0.25, 0.3) is 16.6 Å². The molecule has 3 aromatic heterocycles. The predicted octanol–water partition coefficient (Wildman–Crippen LogP) is 5.70. The maximum Gasteiger partial charge on any atom is 0.336 e. The van der Waals surface area contributed by atoms with Crippen molar-refractivity contribution in [3.05, 3.63) is 113 Å². The van der Waals surface area contributed by atoms with Gasteiger partial charge in [-0.25, -0.2) is 14.2 Å². The second kappa shape index (κ2) is 20.1. The first-order valence-corrected chi connectivity index (χ1v) is 25.9. The number of nitrogens with one attached hydrogen (secondary N) is 3. The maximum atomic E-state index is 15.2.